The quantitative estimate of drug-likeness (QED) is 0.690. The molecular weight excluding hydrogens is 302 g/mol. The molecule has 1 aliphatic heterocycles. The first kappa shape index (κ1) is 16.0. The highest BCUT2D eigenvalue weighted by atomic mass is 15.0. The molecule has 0 bridgehead atoms. The molecule has 1 nitrogen and oxygen atoms in total. The van der Waals surface area contributed by atoms with E-state index in [0.717, 1.165) is 12.0 Å². The Morgan fingerprint density at radius 1 is 1.24 bits per heavy atom. The summed E-state index contributed by atoms with van der Waals surface area (Å²) in [5, 5.41) is 3.76. The minimum atomic E-state index is 0.0214. The van der Waals surface area contributed by atoms with E-state index in [1.54, 1.807) is 0 Å². The Balaban J connectivity index is 1.92. The van der Waals surface area contributed by atoms with Crippen LogP contribution in [0.25, 0.3) is 5.57 Å². The van der Waals surface area contributed by atoms with Crippen molar-refractivity contribution in [3.63, 3.8) is 0 Å². The van der Waals surface area contributed by atoms with Gasteiger partial charge in [0.25, 0.3) is 0 Å². The van der Waals surface area contributed by atoms with Crippen molar-refractivity contribution < 1.29 is 0 Å². The zero-order valence-electron chi connectivity index (χ0n) is 15.5. The van der Waals surface area contributed by atoms with Gasteiger partial charge in [-0.05, 0) is 58.9 Å². The minimum Gasteiger partial charge on any atom is -0.380 e. The first-order valence-corrected chi connectivity index (χ1v) is 9.08. The summed E-state index contributed by atoms with van der Waals surface area (Å²) < 4.78 is 0. The predicted octanol–water partition coefficient (Wildman–Crippen LogP) is 5.42. The Labute approximate surface area is 151 Å². The van der Waals surface area contributed by atoms with Gasteiger partial charge < -0.3 is 5.32 Å². The summed E-state index contributed by atoms with van der Waals surface area (Å²) in [4.78, 5) is 0. The maximum Gasteiger partial charge on any atom is 0.0462 e. The second-order valence-electron chi connectivity index (χ2n) is 7.97. The number of hydrogen-bond acceptors (Lipinski definition) is 1. The maximum atomic E-state index is 5.59. The van der Waals surface area contributed by atoms with Crippen LogP contribution in [0.2, 0.25) is 0 Å². The van der Waals surface area contributed by atoms with E-state index < -0.39 is 0 Å². The van der Waals surface area contributed by atoms with Crippen molar-refractivity contribution in [2.45, 2.75) is 51.5 Å². The topological polar surface area (TPSA) is 12.0 Å². The summed E-state index contributed by atoms with van der Waals surface area (Å²) >= 11 is 0. The molecule has 2 aromatic rings. The van der Waals surface area contributed by atoms with Gasteiger partial charge in [-0.15, -0.1) is 6.42 Å². The van der Waals surface area contributed by atoms with E-state index in [1.807, 2.05) is 6.07 Å². The fourth-order valence-electron chi connectivity index (χ4n) is 4.73. The monoisotopic (exact) mass is 327 g/mol. The van der Waals surface area contributed by atoms with Crippen LogP contribution < -0.4 is 5.32 Å². The highest BCUT2D eigenvalue weighted by Gasteiger charge is 2.48. The molecular formula is C24H25N. The molecule has 1 N–H and O–H groups in total. The molecule has 1 heteroatoms. The van der Waals surface area contributed by atoms with Gasteiger partial charge in [-0.3, -0.25) is 0 Å². The zero-order chi connectivity index (χ0) is 17.9. The van der Waals surface area contributed by atoms with E-state index in [1.165, 1.54) is 39.1 Å². The Morgan fingerprint density at radius 2 is 2.00 bits per heavy atom. The SMILES string of the molecule is C#Cc1ccc2c(c1)NC1C2C(=C)c2cc(CC)c(C)cc2C1(C)C. The van der Waals surface area contributed by atoms with Gasteiger partial charge in [-0.2, -0.15) is 0 Å². The zero-order valence-corrected chi connectivity index (χ0v) is 15.5. The Morgan fingerprint density at radius 3 is 2.68 bits per heavy atom. The highest BCUT2D eigenvalue weighted by Crippen LogP contribution is 2.55. The van der Waals surface area contributed by atoms with Gasteiger partial charge in [-0.1, -0.05) is 51.5 Å². The van der Waals surface area contributed by atoms with Gasteiger partial charge in [0, 0.05) is 28.6 Å². The third-order valence-electron chi connectivity index (χ3n) is 6.25. The molecule has 0 saturated heterocycles. The average molecular weight is 327 g/mol. The summed E-state index contributed by atoms with van der Waals surface area (Å²) in [6.07, 6.45) is 6.65. The lowest BCUT2D eigenvalue weighted by Gasteiger charge is -2.44. The van der Waals surface area contributed by atoms with E-state index in [2.05, 4.69) is 69.8 Å². The molecule has 1 aliphatic carbocycles. The number of nitrogens with one attached hydrogen (secondary N) is 1. The van der Waals surface area contributed by atoms with Gasteiger partial charge in [0.15, 0.2) is 0 Å². The summed E-state index contributed by atoms with van der Waals surface area (Å²) in [6, 6.07) is 11.4. The summed E-state index contributed by atoms with van der Waals surface area (Å²) in [6.45, 7) is 13.7. The third kappa shape index (κ3) is 2.10. The Hall–Kier alpha value is -2.46. The number of aryl methyl sites for hydroxylation is 2. The van der Waals surface area contributed by atoms with E-state index >= 15 is 0 Å². The number of benzene rings is 2. The van der Waals surface area contributed by atoms with Crippen LogP contribution in [0.1, 0.15) is 60.1 Å². The molecule has 0 fully saturated rings. The molecule has 2 unspecified atom stereocenters. The van der Waals surface area contributed by atoms with Crippen molar-refractivity contribution in [3.8, 4) is 12.3 Å². The van der Waals surface area contributed by atoms with E-state index in [-0.39, 0.29) is 5.41 Å². The molecule has 126 valence electrons. The molecule has 0 radical (unpaired) electrons. The van der Waals surface area contributed by atoms with Gasteiger partial charge >= 0.3 is 0 Å². The second-order valence-corrected chi connectivity index (χ2v) is 7.97. The van der Waals surface area contributed by atoms with Crippen LogP contribution in [0.5, 0.6) is 0 Å². The minimum absolute atomic E-state index is 0.0214. The van der Waals surface area contributed by atoms with Gasteiger partial charge in [0.1, 0.15) is 0 Å². The highest BCUT2D eigenvalue weighted by molar-refractivity contribution is 5.83. The molecule has 25 heavy (non-hydrogen) atoms. The van der Waals surface area contributed by atoms with Gasteiger partial charge in [0.05, 0.1) is 0 Å². The van der Waals surface area contributed by atoms with Crippen molar-refractivity contribution in [1.29, 1.82) is 0 Å². The van der Waals surface area contributed by atoms with Gasteiger partial charge in [0.2, 0.25) is 0 Å². The molecule has 0 amide bonds. The molecule has 1 heterocycles. The number of anilines is 1. The van der Waals surface area contributed by atoms with Crippen LogP contribution in [0.4, 0.5) is 5.69 Å². The first-order valence-electron chi connectivity index (χ1n) is 9.08. The lowest BCUT2D eigenvalue weighted by atomic mass is 9.62. The van der Waals surface area contributed by atoms with Crippen molar-refractivity contribution in [3.05, 3.63) is 70.3 Å². The standard InChI is InChI=1S/C24H25N/c1-7-16-9-10-18-21(12-16)25-23-22(18)15(4)19-13-17(8-2)14(3)11-20(19)24(23,5)6/h1,9-13,22-23,25H,4,8H2,2-3,5-6H3. The molecule has 2 aliphatic rings. The van der Waals surface area contributed by atoms with Crippen LogP contribution in [-0.2, 0) is 11.8 Å². The fourth-order valence-corrected chi connectivity index (χ4v) is 4.73. The number of fused-ring (bicyclic) bond motifs is 4. The molecule has 0 spiro atoms. The normalized spacial score (nSPS) is 22.4. The van der Waals surface area contributed by atoms with Crippen LogP contribution >= 0.6 is 0 Å². The fraction of sp³-hybridized carbons (Fsp3) is 0.333. The van der Waals surface area contributed by atoms with Crippen molar-refractivity contribution >= 4 is 11.3 Å². The molecule has 4 rings (SSSR count). The number of hydrogen-bond donors (Lipinski definition) is 1. The lowest BCUT2D eigenvalue weighted by molar-refractivity contribution is 0.410. The number of terminal acetylenes is 1. The molecule has 0 aromatic heterocycles. The molecule has 0 saturated carbocycles. The van der Waals surface area contributed by atoms with Crippen LogP contribution in [0.15, 0.2) is 36.9 Å². The maximum absolute atomic E-state index is 5.59. The van der Waals surface area contributed by atoms with Crippen molar-refractivity contribution in [2.24, 2.45) is 0 Å². The summed E-state index contributed by atoms with van der Waals surface area (Å²) in [5.74, 6) is 3.05. The average Bonchev–Trinajstić information content (AvgIpc) is 2.99. The van der Waals surface area contributed by atoms with Gasteiger partial charge in [-0.25, -0.2) is 0 Å². The predicted molar refractivity (Wildman–Crippen MR) is 107 cm³/mol. The third-order valence-corrected chi connectivity index (χ3v) is 6.25. The Kier molecular flexibility index (Phi) is 3.38. The molecule has 2 aromatic carbocycles. The first-order chi connectivity index (χ1) is 11.9. The van der Waals surface area contributed by atoms with E-state index in [0.29, 0.717) is 12.0 Å². The summed E-state index contributed by atoms with van der Waals surface area (Å²) in [5.41, 5.74) is 10.2. The van der Waals surface area contributed by atoms with Crippen LogP contribution in [0.3, 0.4) is 0 Å². The molecule has 2 atom stereocenters. The van der Waals surface area contributed by atoms with Crippen molar-refractivity contribution in [1.82, 2.24) is 0 Å². The van der Waals surface area contributed by atoms with E-state index in [9.17, 15) is 0 Å². The number of rotatable bonds is 1. The van der Waals surface area contributed by atoms with Crippen LogP contribution in [0, 0.1) is 19.3 Å². The Bertz CT molecular complexity index is 939. The lowest BCUT2D eigenvalue weighted by Crippen LogP contribution is -2.44. The summed E-state index contributed by atoms with van der Waals surface area (Å²) in [7, 11) is 0. The van der Waals surface area contributed by atoms with Crippen molar-refractivity contribution in [2.75, 3.05) is 5.32 Å². The second kappa shape index (κ2) is 5.27. The largest absolute Gasteiger partial charge is 0.380 e. The van der Waals surface area contributed by atoms with E-state index in [4.69, 9.17) is 6.42 Å². The van der Waals surface area contributed by atoms with Crippen LogP contribution in [-0.4, -0.2) is 6.04 Å². The smallest absolute Gasteiger partial charge is 0.0462 e.